The van der Waals surface area contributed by atoms with Gasteiger partial charge in [-0.3, -0.25) is 4.90 Å². The molecular weight excluding hydrogens is 338 g/mol. The van der Waals surface area contributed by atoms with Gasteiger partial charge in [0.2, 0.25) is 0 Å². The molecular formula is C23H41NO3. The van der Waals surface area contributed by atoms with Crippen LogP contribution < -0.4 is 0 Å². The van der Waals surface area contributed by atoms with Crippen molar-refractivity contribution in [1.29, 1.82) is 0 Å². The quantitative estimate of drug-likeness (QED) is 0.539. The van der Waals surface area contributed by atoms with Crippen molar-refractivity contribution in [1.82, 2.24) is 4.90 Å². The third kappa shape index (κ3) is 5.56. The lowest BCUT2D eigenvalue weighted by Crippen LogP contribution is -2.39. The van der Waals surface area contributed by atoms with Crippen LogP contribution in [0.5, 0.6) is 0 Å². The van der Waals surface area contributed by atoms with Gasteiger partial charge < -0.3 is 14.2 Å². The minimum Gasteiger partial charge on any atom is -0.377 e. The van der Waals surface area contributed by atoms with E-state index in [2.05, 4.69) is 32.3 Å². The largest absolute Gasteiger partial charge is 0.377 e. The molecule has 2 heterocycles. The van der Waals surface area contributed by atoms with E-state index in [1.807, 2.05) is 6.08 Å². The summed E-state index contributed by atoms with van der Waals surface area (Å²) in [5.74, 6) is 0.511. The molecule has 3 rings (SSSR count). The Kier molecular flexibility index (Phi) is 7.40. The molecule has 0 radical (unpaired) electrons. The molecule has 1 aliphatic carbocycles. The van der Waals surface area contributed by atoms with E-state index in [9.17, 15) is 0 Å². The first-order chi connectivity index (χ1) is 13.0. The number of ether oxygens (including phenoxy) is 3. The summed E-state index contributed by atoms with van der Waals surface area (Å²) < 4.78 is 18.5. The molecule has 0 aromatic carbocycles. The third-order valence-corrected chi connectivity index (χ3v) is 7.32. The summed E-state index contributed by atoms with van der Waals surface area (Å²) in [7, 11) is 0. The van der Waals surface area contributed by atoms with Gasteiger partial charge >= 0.3 is 0 Å². The van der Waals surface area contributed by atoms with Crippen molar-refractivity contribution in [3.05, 3.63) is 12.7 Å². The average molecular weight is 380 g/mol. The van der Waals surface area contributed by atoms with Crippen LogP contribution in [0.25, 0.3) is 0 Å². The molecule has 0 aromatic heterocycles. The number of hydrogen-bond acceptors (Lipinski definition) is 4. The lowest BCUT2D eigenvalue weighted by atomic mass is 9.68. The predicted molar refractivity (Wildman–Crippen MR) is 110 cm³/mol. The maximum absolute atomic E-state index is 6.48. The van der Waals surface area contributed by atoms with Crippen LogP contribution in [0.1, 0.15) is 72.1 Å². The summed E-state index contributed by atoms with van der Waals surface area (Å²) in [6, 6.07) is 0. The van der Waals surface area contributed by atoms with E-state index < -0.39 is 0 Å². The molecule has 0 N–H and O–H groups in total. The fourth-order valence-corrected chi connectivity index (χ4v) is 4.99. The Morgan fingerprint density at radius 3 is 2.59 bits per heavy atom. The van der Waals surface area contributed by atoms with Gasteiger partial charge in [-0.05, 0) is 43.4 Å². The highest BCUT2D eigenvalue weighted by atomic mass is 16.7. The lowest BCUT2D eigenvalue weighted by Gasteiger charge is -2.42. The van der Waals surface area contributed by atoms with Crippen LogP contribution in [0, 0.1) is 11.3 Å². The van der Waals surface area contributed by atoms with Crippen LogP contribution in [0.3, 0.4) is 0 Å². The maximum Gasteiger partial charge on any atom is 0.168 e. The average Bonchev–Trinajstić information content (AvgIpc) is 3.31. The topological polar surface area (TPSA) is 30.9 Å². The summed E-state index contributed by atoms with van der Waals surface area (Å²) in [6.07, 6.45) is 11.9. The molecule has 1 saturated carbocycles. The highest BCUT2D eigenvalue weighted by Gasteiger charge is 2.46. The second-order valence-electron chi connectivity index (χ2n) is 9.55. The molecule has 0 amide bonds. The van der Waals surface area contributed by atoms with Crippen LogP contribution in [0.2, 0.25) is 0 Å². The molecule has 1 spiro atoms. The number of hydrogen-bond donors (Lipinski definition) is 0. The first-order valence-corrected chi connectivity index (χ1v) is 11.2. The minimum atomic E-state index is -0.289. The Morgan fingerprint density at radius 2 is 1.96 bits per heavy atom. The van der Waals surface area contributed by atoms with Gasteiger partial charge in [-0.25, -0.2) is 0 Å². The number of nitrogens with zero attached hydrogens (tertiary/aromatic N) is 1. The van der Waals surface area contributed by atoms with Gasteiger partial charge in [0.1, 0.15) is 0 Å². The molecule has 4 nitrogen and oxygen atoms in total. The molecule has 2 unspecified atom stereocenters. The highest BCUT2D eigenvalue weighted by Crippen LogP contribution is 2.47. The Morgan fingerprint density at radius 1 is 1.19 bits per heavy atom. The van der Waals surface area contributed by atoms with Gasteiger partial charge in [-0.15, -0.1) is 6.58 Å². The van der Waals surface area contributed by atoms with E-state index in [1.165, 1.54) is 32.1 Å². The van der Waals surface area contributed by atoms with Crippen LogP contribution >= 0.6 is 0 Å². The summed E-state index contributed by atoms with van der Waals surface area (Å²) in [6.45, 7) is 15.7. The van der Waals surface area contributed by atoms with E-state index in [4.69, 9.17) is 14.2 Å². The first-order valence-electron chi connectivity index (χ1n) is 11.2. The van der Waals surface area contributed by atoms with Crippen LogP contribution in [0.15, 0.2) is 12.7 Å². The minimum absolute atomic E-state index is 0.234. The van der Waals surface area contributed by atoms with E-state index in [0.717, 1.165) is 58.0 Å². The van der Waals surface area contributed by atoms with Crippen LogP contribution in [-0.4, -0.2) is 55.7 Å². The first kappa shape index (κ1) is 21.3. The molecule has 27 heavy (non-hydrogen) atoms. The Balaban J connectivity index is 1.43. The summed E-state index contributed by atoms with van der Waals surface area (Å²) in [4.78, 5) is 2.46. The zero-order valence-corrected chi connectivity index (χ0v) is 17.9. The second-order valence-corrected chi connectivity index (χ2v) is 9.55. The maximum atomic E-state index is 6.48. The molecule has 0 bridgehead atoms. The Bertz CT molecular complexity index is 464. The monoisotopic (exact) mass is 379 g/mol. The van der Waals surface area contributed by atoms with Gasteiger partial charge in [0.25, 0.3) is 0 Å². The predicted octanol–water partition coefficient (Wildman–Crippen LogP) is 4.78. The second kappa shape index (κ2) is 9.39. The van der Waals surface area contributed by atoms with E-state index >= 15 is 0 Å². The van der Waals surface area contributed by atoms with Crippen molar-refractivity contribution in [2.75, 3.05) is 32.8 Å². The fraction of sp³-hybridized carbons (Fsp3) is 0.913. The SMILES string of the molecule is C=CCN(CCC1COC2(CCC(C(C)(C)CC)CC2)O1)CC1CCCO1. The molecule has 3 aliphatic rings. The smallest absolute Gasteiger partial charge is 0.168 e. The molecule has 0 aromatic rings. The molecule has 2 saturated heterocycles. The van der Waals surface area contributed by atoms with E-state index in [0.29, 0.717) is 11.5 Å². The molecule has 2 aliphatic heterocycles. The zero-order valence-electron chi connectivity index (χ0n) is 17.9. The molecule has 156 valence electrons. The summed E-state index contributed by atoms with van der Waals surface area (Å²) >= 11 is 0. The van der Waals surface area contributed by atoms with Crippen molar-refractivity contribution in [2.24, 2.45) is 11.3 Å². The van der Waals surface area contributed by atoms with E-state index in [1.54, 1.807) is 0 Å². The normalized spacial score (nSPS) is 34.6. The van der Waals surface area contributed by atoms with Crippen molar-refractivity contribution < 1.29 is 14.2 Å². The standard InChI is InChI=1S/C23H41NO3/c1-5-14-24(17-20-8-7-16-25-20)15-11-21-18-26-23(27-21)12-9-19(10-13-23)22(3,4)6-2/h5,19-21H,1,6-18H2,2-4H3. The summed E-state index contributed by atoms with van der Waals surface area (Å²) in [5.41, 5.74) is 0.438. The van der Waals surface area contributed by atoms with Gasteiger partial charge in [0.05, 0.1) is 18.8 Å². The summed E-state index contributed by atoms with van der Waals surface area (Å²) in [5, 5.41) is 0. The Hall–Kier alpha value is -0.420. The fourth-order valence-electron chi connectivity index (χ4n) is 4.99. The number of rotatable bonds is 9. The van der Waals surface area contributed by atoms with E-state index in [-0.39, 0.29) is 11.9 Å². The third-order valence-electron chi connectivity index (χ3n) is 7.32. The van der Waals surface area contributed by atoms with Gasteiger partial charge in [-0.2, -0.15) is 0 Å². The van der Waals surface area contributed by atoms with Crippen LogP contribution in [-0.2, 0) is 14.2 Å². The Labute approximate surface area is 166 Å². The van der Waals surface area contributed by atoms with Crippen molar-refractivity contribution in [2.45, 2.75) is 90.1 Å². The van der Waals surface area contributed by atoms with Gasteiger partial charge in [0.15, 0.2) is 5.79 Å². The van der Waals surface area contributed by atoms with Gasteiger partial charge in [-0.1, -0.05) is 33.3 Å². The van der Waals surface area contributed by atoms with Crippen molar-refractivity contribution in [3.63, 3.8) is 0 Å². The molecule has 3 fully saturated rings. The molecule has 2 atom stereocenters. The zero-order chi connectivity index (χ0) is 19.3. The highest BCUT2D eigenvalue weighted by molar-refractivity contribution is 4.90. The lowest BCUT2D eigenvalue weighted by molar-refractivity contribution is -0.197. The van der Waals surface area contributed by atoms with Crippen LogP contribution in [0.4, 0.5) is 0 Å². The van der Waals surface area contributed by atoms with Crippen molar-refractivity contribution in [3.8, 4) is 0 Å². The van der Waals surface area contributed by atoms with Crippen molar-refractivity contribution >= 4 is 0 Å². The van der Waals surface area contributed by atoms with Gasteiger partial charge in [0, 0.05) is 39.1 Å². The molecule has 4 heteroatoms.